The molecular formula is C6H8N3O. The first-order chi connectivity index (χ1) is 4.83. The topological polar surface area (TPSA) is 59.9 Å². The number of rotatable bonds is 2. The lowest BCUT2D eigenvalue weighted by Crippen LogP contribution is -2.11. The van der Waals surface area contributed by atoms with E-state index in [9.17, 15) is 4.79 Å². The molecule has 0 aliphatic heterocycles. The Morgan fingerprint density at radius 2 is 2.60 bits per heavy atom. The Kier molecular flexibility index (Phi) is 2.04. The number of hydrogen-bond acceptors (Lipinski definition) is 2. The van der Waals surface area contributed by atoms with Gasteiger partial charge in [-0.3, -0.25) is 5.32 Å². The van der Waals surface area contributed by atoms with Crippen LogP contribution in [0.4, 0.5) is 5.82 Å². The van der Waals surface area contributed by atoms with Crippen LogP contribution in [0.2, 0.25) is 0 Å². The molecule has 0 spiro atoms. The maximum atomic E-state index is 10.5. The summed E-state index contributed by atoms with van der Waals surface area (Å²) in [5.74, 6) is 0.492. The minimum absolute atomic E-state index is 0.352. The highest BCUT2D eigenvalue weighted by atomic mass is 16.1. The van der Waals surface area contributed by atoms with E-state index in [2.05, 4.69) is 15.3 Å². The molecule has 0 amide bonds. The fourth-order valence-electron chi connectivity index (χ4n) is 0.611. The molecule has 1 aromatic heterocycles. The molecule has 0 saturated carbocycles. The van der Waals surface area contributed by atoms with Crippen molar-refractivity contribution in [2.75, 3.05) is 6.54 Å². The first-order valence-electron chi connectivity index (χ1n) is 3.06. The van der Waals surface area contributed by atoms with E-state index in [0.717, 1.165) is 0 Å². The van der Waals surface area contributed by atoms with Gasteiger partial charge in [-0.25, -0.2) is 4.79 Å². The number of nitrogens with zero attached hydrogens (tertiary/aromatic N) is 2. The lowest BCUT2D eigenvalue weighted by atomic mass is 10.6. The summed E-state index contributed by atoms with van der Waals surface area (Å²) in [6.45, 7) is 2.54. The maximum absolute atomic E-state index is 10.5. The highest BCUT2D eigenvalue weighted by Gasteiger charge is 1.90. The number of H-pyrrole nitrogens is 1. The largest absolute Gasteiger partial charge is 0.346 e. The average Bonchev–Trinajstić information content (AvgIpc) is 1.88. The van der Waals surface area contributed by atoms with Crippen LogP contribution in [0.25, 0.3) is 0 Å². The van der Waals surface area contributed by atoms with Gasteiger partial charge < -0.3 is 4.98 Å². The van der Waals surface area contributed by atoms with E-state index in [1.807, 2.05) is 6.92 Å². The fraction of sp³-hybridized carbons (Fsp3) is 0.333. The fourth-order valence-corrected chi connectivity index (χ4v) is 0.611. The van der Waals surface area contributed by atoms with Crippen molar-refractivity contribution in [2.45, 2.75) is 6.92 Å². The minimum atomic E-state index is -0.352. The Labute approximate surface area is 58.3 Å². The van der Waals surface area contributed by atoms with Gasteiger partial charge in [0.05, 0.1) is 0 Å². The maximum Gasteiger partial charge on any atom is 0.346 e. The molecule has 0 bridgehead atoms. The molecule has 0 aliphatic carbocycles. The van der Waals surface area contributed by atoms with Crippen molar-refractivity contribution in [1.82, 2.24) is 15.3 Å². The molecule has 0 aromatic carbocycles. The third kappa shape index (κ3) is 1.58. The van der Waals surface area contributed by atoms with Gasteiger partial charge in [0.25, 0.3) is 0 Å². The normalized spacial score (nSPS) is 9.30. The van der Waals surface area contributed by atoms with Gasteiger partial charge in [-0.2, -0.15) is 4.98 Å². The zero-order valence-electron chi connectivity index (χ0n) is 5.66. The zero-order valence-corrected chi connectivity index (χ0v) is 5.66. The van der Waals surface area contributed by atoms with Gasteiger partial charge >= 0.3 is 5.69 Å². The molecule has 53 valence electrons. The van der Waals surface area contributed by atoms with E-state index < -0.39 is 0 Å². The highest BCUT2D eigenvalue weighted by Crippen LogP contribution is 1.93. The number of hydrogen-bond donors (Lipinski definition) is 1. The second-order valence-corrected chi connectivity index (χ2v) is 1.73. The standard InChI is InChI=1S/C6H8N3O/c1-2-7-5-3-4-8-6(10)9-5/h3-4H,2H2,1H3,(H,8,9,10). The molecule has 10 heavy (non-hydrogen) atoms. The van der Waals surface area contributed by atoms with Crippen molar-refractivity contribution >= 4 is 5.82 Å². The molecular weight excluding hydrogens is 130 g/mol. The molecule has 0 aliphatic rings. The van der Waals surface area contributed by atoms with E-state index in [1.54, 1.807) is 6.07 Å². The van der Waals surface area contributed by atoms with Crippen molar-refractivity contribution in [3.05, 3.63) is 22.7 Å². The van der Waals surface area contributed by atoms with Gasteiger partial charge in [-0.15, -0.1) is 0 Å². The first-order valence-corrected chi connectivity index (χ1v) is 3.06. The van der Waals surface area contributed by atoms with Gasteiger partial charge in [0.2, 0.25) is 0 Å². The summed E-state index contributed by atoms with van der Waals surface area (Å²) in [6.07, 6.45) is 1.53. The Balaban J connectivity index is 2.85. The van der Waals surface area contributed by atoms with Gasteiger partial charge in [0, 0.05) is 12.7 Å². The second-order valence-electron chi connectivity index (χ2n) is 1.73. The van der Waals surface area contributed by atoms with Crippen molar-refractivity contribution in [2.24, 2.45) is 0 Å². The Hall–Kier alpha value is -1.32. The number of aromatic nitrogens is 2. The van der Waals surface area contributed by atoms with Crippen LogP contribution < -0.4 is 11.0 Å². The van der Waals surface area contributed by atoms with Crippen LogP contribution in [0.5, 0.6) is 0 Å². The molecule has 4 heteroatoms. The molecule has 0 unspecified atom stereocenters. The Morgan fingerprint density at radius 1 is 1.80 bits per heavy atom. The summed E-state index contributed by atoms with van der Waals surface area (Å²) in [5, 5.41) is 3.94. The molecule has 0 fully saturated rings. The van der Waals surface area contributed by atoms with Crippen molar-refractivity contribution < 1.29 is 0 Å². The average molecular weight is 138 g/mol. The summed E-state index contributed by atoms with van der Waals surface area (Å²) >= 11 is 0. The highest BCUT2D eigenvalue weighted by molar-refractivity contribution is 5.20. The van der Waals surface area contributed by atoms with Crippen molar-refractivity contribution in [3.8, 4) is 0 Å². The van der Waals surface area contributed by atoms with Gasteiger partial charge in [0.15, 0.2) is 5.82 Å². The Bertz CT molecular complexity index is 255. The smallest absolute Gasteiger partial charge is 0.313 e. The van der Waals surface area contributed by atoms with E-state index in [0.29, 0.717) is 12.4 Å². The summed E-state index contributed by atoms with van der Waals surface area (Å²) in [6, 6.07) is 1.66. The molecule has 0 atom stereocenters. The van der Waals surface area contributed by atoms with Gasteiger partial charge in [-0.1, -0.05) is 0 Å². The van der Waals surface area contributed by atoms with Crippen LogP contribution in [-0.2, 0) is 0 Å². The second kappa shape index (κ2) is 3.00. The monoisotopic (exact) mass is 138 g/mol. The lowest BCUT2D eigenvalue weighted by Gasteiger charge is -1.93. The predicted molar refractivity (Wildman–Crippen MR) is 37.2 cm³/mol. The molecule has 1 heterocycles. The molecule has 1 rings (SSSR count). The minimum Gasteiger partial charge on any atom is -0.313 e. The van der Waals surface area contributed by atoms with Crippen LogP contribution in [0.1, 0.15) is 6.92 Å². The van der Waals surface area contributed by atoms with Crippen LogP contribution in [-0.4, -0.2) is 16.5 Å². The van der Waals surface area contributed by atoms with E-state index in [4.69, 9.17) is 0 Å². The third-order valence-corrected chi connectivity index (χ3v) is 0.975. The molecule has 1 aromatic rings. The lowest BCUT2D eigenvalue weighted by molar-refractivity contribution is 0.863. The van der Waals surface area contributed by atoms with Crippen LogP contribution in [0, 0.1) is 0 Å². The molecule has 1 radical (unpaired) electrons. The van der Waals surface area contributed by atoms with E-state index in [1.165, 1.54) is 6.20 Å². The number of aromatic amines is 1. The summed E-state index contributed by atoms with van der Waals surface area (Å²) < 4.78 is 0. The van der Waals surface area contributed by atoms with E-state index >= 15 is 0 Å². The van der Waals surface area contributed by atoms with Crippen LogP contribution in [0.15, 0.2) is 17.1 Å². The quantitative estimate of drug-likeness (QED) is 0.626. The van der Waals surface area contributed by atoms with Gasteiger partial charge in [-0.05, 0) is 13.0 Å². The number of nitrogens with one attached hydrogen (secondary N) is 1. The summed E-state index contributed by atoms with van der Waals surface area (Å²) in [4.78, 5) is 16.5. The molecule has 0 saturated heterocycles. The molecule has 1 N–H and O–H groups in total. The van der Waals surface area contributed by atoms with Gasteiger partial charge in [0.1, 0.15) is 0 Å². The third-order valence-electron chi connectivity index (χ3n) is 0.975. The summed E-state index contributed by atoms with van der Waals surface area (Å²) in [7, 11) is 0. The Morgan fingerprint density at radius 3 is 3.20 bits per heavy atom. The van der Waals surface area contributed by atoms with Crippen LogP contribution >= 0.6 is 0 Å². The van der Waals surface area contributed by atoms with Crippen molar-refractivity contribution in [1.29, 1.82) is 0 Å². The van der Waals surface area contributed by atoms with Crippen molar-refractivity contribution in [3.63, 3.8) is 0 Å². The van der Waals surface area contributed by atoms with E-state index in [-0.39, 0.29) is 5.69 Å². The zero-order chi connectivity index (χ0) is 7.40. The summed E-state index contributed by atoms with van der Waals surface area (Å²) in [5.41, 5.74) is -0.352. The molecule has 4 nitrogen and oxygen atoms in total. The SMILES string of the molecule is CC[N]c1cc[nH]c(=O)n1. The predicted octanol–water partition coefficient (Wildman–Crippen LogP) is 0.0257. The first kappa shape index (κ1) is 6.80. The van der Waals surface area contributed by atoms with Crippen LogP contribution in [0.3, 0.4) is 0 Å².